The van der Waals surface area contributed by atoms with Crippen molar-refractivity contribution in [1.29, 1.82) is 0 Å². The average molecular weight is 627 g/mol. The Morgan fingerprint density at radius 3 is 2.42 bits per heavy atom. The normalized spacial score (nSPS) is 25.0. The van der Waals surface area contributed by atoms with Gasteiger partial charge in [-0.15, -0.1) is 0 Å². The molecule has 1 aromatic rings. The largest absolute Gasteiger partial charge is 0.491 e. The van der Waals surface area contributed by atoms with Crippen LogP contribution in [0.5, 0.6) is 5.75 Å². The third-order valence-corrected chi connectivity index (χ3v) is 8.93. The molecule has 0 unspecified atom stereocenters. The number of nitrogens with one attached hydrogen (secondary N) is 5. The molecule has 1 aliphatic carbocycles. The molecule has 4 rings (SSSR count). The van der Waals surface area contributed by atoms with Crippen LogP contribution in [0.3, 0.4) is 0 Å². The highest BCUT2D eigenvalue weighted by Crippen LogP contribution is 2.31. The van der Waals surface area contributed by atoms with Crippen molar-refractivity contribution in [2.45, 2.75) is 102 Å². The molecule has 1 saturated heterocycles. The molecule has 45 heavy (non-hydrogen) atoms. The molecule has 3 aliphatic rings. The molecule has 0 radical (unpaired) electrons. The van der Waals surface area contributed by atoms with Crippen molar-refractivity contribution in [3.8, 4) is 5.75 Å². The van der Waals surface area contributed by atoms with E-state index in [1.54, 1.807) is 31.2 Å². The van der Waals surface area contributed by atoms with E-state index in [9.17, 15) is 24.0 Å². The molecule has 5 amide bonds. The molecular formula is C33H50N6O6. The number of ether oxygens (including phenoxy) is 1. The number of fused-ring (bicyclic) bond motifs is 1. The fraction of sp³-hybridized carbons (Fsp3) is 0.667. The number of nitrogens with zero attached hydrogens (tertiary/aromatic N) is 1. The Balaban J connectivity index is 1.55. The van der Waals surface area contributed by atoms with Gasteiger partial charge in [0.15, 0.2) is 0 Å². The predicted octanol–water partition coefficient (Wildman–Crippen LogP) is 1.63. The SMILES string of the molecule is CC(C)[C@H]1NC(=O)C2(CCCC2)NC(=O)C[C@@H](C(=O)NCCCCN2CCCC2)NC(=O)c2ccccc2OC[C@H](C)NC1=O. The Bertz CT molecular complexity index is 1210. The summed E-state index contributed by atoms with van der Waals surface area (Å²) in [5.74, 6) is -2.29. The van der Waals surface area contributed by atoms with Crippen molar-refractivity contribution in [1.82, 2.24) is 31.5 Å². The van der Waals surface area contributed by atoms with Gasteiger partial charge in [0.05, 0.1) is 18.0 Å². The lowest BCUT2D eigenvalue weighted by Gasteiger charge is -2.33. The van der Waals surface area contributed by atoms with Gasteiger partial charge in [-0.2, -0.15) is 0 Å². The van der Waals surface area contributed by atoms with E-state index in [1.807, 2.05) is 13.8 Å². The zero-order chi connectivity index (χ0) is 32.4. The van der Waals surface area contributed by atoms with E-state index < -0.39 is 47.3 Å². The minimum absolute atomic E-state index is 0.0696. The number of carbonyl (C=O) groups is 5. The Hall–Kier alpha value is -3.67. The first-order chi connectivity index (χ1) is 21.6. The van der Waals surface area contributed by atoms with E-state index >= 15 is 0 Å². The summed E-state index contributed by atoms with van der Waals surface area (Å²) >= 11 is 0. The van der Waals surface area contributed by atoms with Crippen LogP contribution in [0.15, 0.2) is 24.3 Å². The van der Waals surface area contributed by atoms with Crippen LogP contribution in [0, 0.1) is 5.92 Å². The number of hydrogen-bond donors (Lipinski definition) is 5. The number of likely N-dealkylation sites (tertiary alicyclic amines) is 1. The quantitative estimate of drug-likeness (QED) is 0.288. The number of amides is 5. The summed E-state index contributed by atoms with van der Waals surface area (Å²) in [7, 11) is 0. The van der Waals surface area contributed by atoms with Crippen LogP contribution in [0.2, 0.25) is 0 Å². The monoisotopic (exact) mass is 626 g/mol. The highest BCUT2D eigenvalue weighted by atomic mass is 16.5. The van der Waals surface area contributed by atoms with Crippen LogP contribution in [0.25, 0.3) is 0 Å². The molecule has 0 bridgehead atoms. The molecule has 12 nitrogen and oxygen atoms in total. The Labute approximate surface area is 266 Å². The van der Waals surface area contributed by atoms with Crippen molar-refractivity contribution in [3.63, 3.8) is 0 Å². The molecule has 2 fully saturated rings. The number of rotatable bonds is 7. The van der Waals surface area contributed by atoms with Crippen molar-refractivity contribution < 1.29 is 28.7 Å². The van der Waals surface area contributed by atoms with E-state index in [4.69, 9.17) is 4.74 Å². The van der Waals surface area contributed by atoms with E-state index in [1.165, 1.54) is 12.8 Å². The van der Waals surface area contributed by atoms with Crippen LogP contribution in [-0.4, -0.2) is 90.9 Å². The number of benzene rings is 1. The van der Waals surface area contributed by atoms with Crippen LogP contribution in [0.4, 0.5) is 0 Å². The Morgan fingerprint density at radius 1 is 1.00 bits per heavy atom. The Morgan fingerprint density at radius 2 is 1.71 bits per heavy atom. The second-order valence-electron chi connectivity index (χ2n) is 13.0. The summed E-state index contributed by atoms with van der Waals surface area (Å²) in [6.45, 7) is 9.17. The van der Waals surface area contributed by atoms with Gasteiger partial charge in [-0.1, -0.05) is 38.8 Å². The van der Waals surface area contributed by atoms with Crippen LogP contribution in [0.1, 0.15) is 88.9 Å². The van der Waals surface area contributed by atoms with Gasteiger partial charge in [-0.05, 0) is 83.1 Å². The minimum atomic E-state index is -1.21. The molecule has 2 aliphatic heterocycles. The maximum atomic E-state index is 13.7. The maximum Gasteiger partial charge on any atom is 0.255 e. The van der Waals surface area contributed by atoms with E-state index in [0.29, 0.717) is 19.4 Å². The number of hydrogen-bond acceptors (Lipinski definition) is 7. The van der Waals surface area contributed by atoms with Crippen molar-refractivity contribution in [3.05, 3.63) is 29.8 Å². The first-order valence-corrected chi connectivity index (χ1v) is 16.5. The summed E-state index contributed by atoms with van der Waals surface area (Å²) in [5, 5.41) is 14.3. The smallest absolute Gasteiger partial charge is 0.255 e. The first kappa shape index (κ1) is 34.2. The van der Waals surface area contributed by atoms with E-state index in [2.05, 4.69) is 31.5 Å². The van der Waals surface area contributed by atoms with Gasteiger partial charge in [-0.3, -0.25) is 24.0 Å². The number of para-hydroxylation sites is 1. The topological polar surface area (TPSA) is 158 Å². The zero-order valence-electron chi connectivity index (χ0n) is 26.9. The van der Waals surface area contributed by atoms with Gasteiger partial charge in [0, 0.05) is 6.54 Å². The summed E-state index contributed by atoms with van der Waals surface area (Å²) in [4.78, 5) is 69.8. The molecular weight excluding hydrogens is 576 g/mol. The highest BCUT2D eigenvalue weighted by molar-refractivity contribution is 6.01. The summed E-state index contributed by atoms with van der Waals surface area (Å²) in [6.07, 6.45) is 6.10. The van der Waals surface area contributed by atoms with E-state index in [0.717, 1.165) is 45.3 Å². The van der Waals surface area contributed by atoms with Gasteiger partial charge in [0.25, 0.3) is 5.91 Å². The highest BCUT2D eigenvalue weighted by Gasteiger charge is 2.44. The fourth-order valence-corrected chi connectivity index (χ4v) is 6.32. The number of unbranched alkanes of at least 4 members (excludes halogenated alkanes) is 1. The second kappa shape index (κ2) is 16.1. The lowest BCUT2D eigenvalue weighted by atomic mass is 9.93. The van der Waals surface area contributed by atoms with Gasteiger partial charge >= 0.3 is 0 Å². The van der Waals surface area contributed by atoms with Crippen LogP contribution < -0.4 is 31.3 Å². The Kier molecular flexibility index (Phi) is 12.2. The van der Waals surface area contributed by atoms with Gasteiger partial charge in [-0.25, -0.2) is 0 Å². The summed E-state index contributed by atoms with van der Waals surface area (Å²) in [6, 6.07) is 4.19. The average Bonchev–Trinajstić information content (AvgIpc) is 3.70. The molecule has 1 aromatic carbocycles. The predicted molar refractivity (Wildman–Crippen MR) is 169 cm³/mol. The van der Waals surface area contributed by atoms with Gasteiger partial charge in [0.1, 0.15) is 30.0 Å². The van der Waals surface area contributed by atoms with Crippen LogP contribution in [-0.2, 0) is 19.2 Å². The number of carbonyl (C=O) groups excluding carboxylic acids is 5. The second-order valence-corrected chi connectivity index (χ2v) is 13.0. The van der Waals surface area contributed by atoms with Crippen molar-refractivity contribution in [2.24, 2.45) is 5.92 Å². The lowest BCUT2D eigenvalue weighted by Crippen LogP contribution is -2.62. The zero-order valence-corrected chi connectivity index (χ0v) is 26.9. The lowest BCUT2D eigenvalue weighted by molar-refractivity contribution is -0.137. The minimum Gasteiger partial charge on any atom is -0.491 e. The molecule has 3 atom stereocenters. The molecule has 2 heterocycles. The molecule has 12 heteroatoms. The van der Waals surface area contributed by atoms with E-state index in [-0.39, 0.29) is 36.2 Å². The third-order valence-electron chi connectivity index (χ3n) is 8.93. The standard InChI is InChI=1S/C33H50N6O6/c1-22(2)28-31(43)35-23(3)21-45-26-13-5-4-12-24(26)29(41)36-25(30(42)34-16-8-9-17-39-18-10-11-19-39)20-27(40)38-33(32(44)37-28)14-6-7-15-33/h4-5,12-13,22-23,25,28H,6-11,14-21H2,1-3H3,(H,34,42)(H,35,43)(H,36,41)(H,37,44)(H,38,40)/t23-,25-,28+/m0/s1. The molecule has 5 N–H and O–H groups in total. The van der Waals surface area contributed by atoms with Crippen molar-refractivity contribution in [2.75, 3.05) is 32.8 Å². The van der Waals surface area contributed by atoms with Gasteiger partial charge < -0.3 is 36.2 Å². The molecule has 248 valence electrons. The summed E-state index contributed by atoms with van der Waals surface area (Å²) < 4.78 is 5.94. The first-order valence-electron chi connectivity index (χ1n) is 16.5. The summed E-state index contributed by atoms with van der Waals surface area (Å²) in [5.41, 5.74) is -1.01. The molecule has 1 spiro atoms. The van der Waals surface area contributed by atoms with Crippen molar-refractivity contribution >= 4 is 29.5 Å². The fourth-order valence-electron chi connectivity index (χ4n) is 6.32. The molecule has 0 aromatic heterocycles. The molecule has 1 saturated carbocycles. The third kappa shape index (κ3) is 9.42. The van der Waals surface area contributed by atoms with Crippen LogP contribution >= 0.6 is 0 Å². The van der Waals surface area contributed by atoms with Gasteiger partial charge in [0.2, 0.25) is 23.6 Å². The maximum absolute atomic E-state index is 13.7.